The van der Waals surface area contributed by atoms with E-state index < -0.39 is 24.5 Å². The lowest BCUT2D eigenvalue weighted by Crippen LogP contribution is -2.25. The van der Waals surface area contributed by atoms with E-state index in [1.54, 1.807) is 0 Å². The van der Waals surface area contributed by atoms with Crippen LogP contribution in [0.15, 0.2) is 16.6 Å². The van der Waals surface area contributed by atoms with Crippen molar-refractivity contribution in [2.75, 3.05) is 6.54 Å². The zero-order valence-electron chi connectivity index (χ0n) is 10.8. The van der Waals surface area contributed by atoms with Gasteiger partial charge < -0.3 is 5.32 Å². The smallest absolute Gasteiger partial charge is 0.310 e. The van der Waals surface area contributed by atoms with Gasteiger partial charge in [0.2, 0.25) is 0 Å². The molecule has 0 heterocycles. The highest BCUT2D eigenvalue weighted by atomic mass is 79.9. The molecule has 0 saturated heterocycles. The molecular weight excluding hydrogens is 361 g/mol. The van der Waals surface area contributed by atoms with E-state index in [9.17, 15) is 17.6 Å². The van der Waals surface area contributed by atoms with Crippen molar-refractivity contribution >= 4 is 27.5 Å². The third kappa shape index (κ3) is 5.22. The SMILES string of the molecule is CCCNC(CCC(F)(F)F)c1ccc(Br)c(Cl)c1F. The van der Waals surface area contributed by atoms with E-state index in [2.05, 4.69) is 21.2 Å². The van der Waals surface area contributed by atoms with E-state index in [1.807, 2.05) is 6.92 Å². The Kier molecular flexibility index (Phi) is 6.75. The lowest BCUT2D eigenvalue weighted by atomic mass is 10.0. The first-order valence-corrected chi connectivity index (χ1v) is 7.37. The molecule has 1 N–H and O–H groups in total. The highest BCUT2D eigenvalue weighted by molar-refractivity contribution is 9.10. The summed E-state index contributed by atoms with van der Waals surface area (Å²) in [6, 6.07) is 2.28. The Labute approximate surface area is 128 Å². The predicted molar refractivity (Wildman–Crippen MR) is 75.4 cm³/mol. The molecule has 7 heteroatoms. The molecule has 1 aromatic rings. The van der Waals surface area contributed by atoms with Gasteiger partial charge in [-0.05, 0) is 41.4 Å². The minimum absolute atomic E-state index is 0.113. The maximum atomic E-state index is 14.1. The summed E-state index contributed by atoms with van der Waals surface area (Å²) >= 11 is 8.86. The monoisotopic (exact) mass is 375 g/mol. The third-order valence-electron chi connectivity index (χ3n) is 2.80. The second-order valence-electron chi connectivity index (χ2n) is 4.43. The molecule has 1 unspecified atom stereocenters. The molecule has 1 aromatic carbocycles. The number of rotatable bonds is 6. The molecule has 1 nitrogen and oxygen atoms in total. The molecule has 1 rings (SSSR count). The van der Waals surface area contributed by atoms with Gasteiger partial charge in [-0.15, -0.1) is 0 Å². The van der Waals surface area contributed by atoms with Gasteiger partial charge in [-0.25, -0.2) is 4.39 Å². The van der Waals surface area contributed by atoms with Gasteiger partial charge in [-0.3, -0.25) is 0 Å². The summed E-state index contributed by atoms with van der Waals surface area (Å²) in [7, 11) is 0. The second-order valence-corrected chi connectivity index (χ2v) is 5.66. The van der Waals surface area contributed by atoms with Gasteiger partial charge >= 0.3 is 6.18 Å². The zero-order valence-corrected chi connectivity index (χ0v) is 13.2. The average molecular weight is 377 g/mol. The Hall–Kier alpha value is -0.330. The Morgan fingerprint density at radius 1 is 1.35 bits per heavy atom. The summed E-state index contributed by atoms with van der Waals surface area (Å²) in [5.41, 5.74) is 0.163. The third-order valence-corrected chi connectivity index (χ3v) is 4.06. The van der Waals surface area contributed by atoms with Crippen LogP contribution in [-0.2, 0) is 0 Å². The van der Waals surface area contributed by atoms with Crippen molar-refractivity contribution in [3.8, 4) is 0 Å². The first kappa shape index (κ1) is 17.7. The fraction of sp³-hybridized carbons (Fsp3) is 0.538. The van der Waals surface area contributed by atoms with E-state index in [1.165, 1.54) is 12.1 Å². The van der Waals surface area contributed by atoms with Gasteiger partial charge in [0.1, 0.15) is 5.82 Å². The zero-order chi connectivity index (χ0) is 15.3. The van der Waals surface area contributed by atoms with Crippen molar-refractivity contribution < 1.29 is 17.6 Å². The maximum absolute atomic E-state index is 14.1. The highest BCUT2D eigenvalue weighted by Gasteiger charge is 2.29. The summed E-state index contributed by atoms with van der Waals surface area (Å²) in [6.07, 6.45) is -4.71. The number of nitrogens with one attached hydrogen (secondary N) is 1. The van der Waals surface area contributed by atoms with Crippen LogP contribution in [0.2, 0.25) is 5.02 Å². The van der Waals surface area contributed by atoms with Crippen molar-refractivity contribution in [2.45, 2.75) is 38.4 Å². The molecule has 0 fully saturated rings. The summed E-state index contributed by atoms with van der Waals surface area (Å²) in [5, 5.41) is 2.82. The van der Waals surface area contributed by atoms with Crippen molar-refractivity contribution in [3.05, 3.63) is 33.0 Å². The average Bonchev–Trinajstić information content (AvgIpc) is 2.36. The van der Waals surface area contributed by atoms with Crippen molar-refractivity contribution in [3.63, 3.8) is 0 Å². The van der Waals surface area contributed by atoms with Crippen LogP contribution in [0, 0.1) is 5.82 Å². The summed E-state index contributed by atoms with van der Waals surface area (Å²) in [5.74, 6) is -0.684. The molecule has 0 aliphatic rings. The van der Waals surface area contributed by atoms with E-state index in [4.69, 9.17) is 11.6 Å². The number of alkyl halides is 3. The molecule has 1 atom stereocenters. The van der Waals surface area contributed by atoms with Gasteiger partial charge in [0, 0.05) is 22.5 Å². The fourth-order valence-corrected chi connectivity index (χ4v) is 2.28. The van der Waals surface area contributed by atoms with E-state index in [-0.39, 0.29) is 17.0 Å². The molecule has 0 spiro atoms. The topological polar surface area (TPSA) is 12.0 Å². The minimum Gasteiger partial charge on any atom is -0.310 e. The van der Waals surface area contributed by atoms with E-state index in [0.717, 1.165) is 6.42 Å². The molecule has 0 aromatic heterocycles. The molecule has 0 saturated carbocycles. The predicted octanol–water partition coefficient (Wildman–Crippen LogP) is 5.62. The van der Waals surface area contributed by atoms with Crippen LogP contribution in [0.5, 0.6) is 0 Å². The second kappa shape index (κ2) is 7.61. The number of hydrogen-bond acceptors (Lipinski definition) is 1. The largest absolute Gasteiger partial charge is 0.389 e. The van der Waals surface area contributed by atoms with Crippen LogP contribution in [0.25, 0.3) is 0 Å². The van der Waals surface area contributed by atoms with Crippen molar-refractivity contribution in [2.24, 2.45) is 0 Å². The molecule has 0 bridgehead atoms. The lowest BCUT2D eigenvalue weighted by Gasteiger charge is -2.21. The first-order chi connectivity index (χ1) is 9.26. The molecule has 0 aliphatic heterocycles. The van der Waals surface area contributed by atoms with Gasteiger partial charge in [-0.1, -0.05) is 24.6 Å². The van der Waals surface area contributed by atoms with Gasteiger partial charge in [0.15, 0.2) is 0 Å². The minimum atomic E-state index is -4.26. The highest BCUT2D eigenvalue weighted by Crippen LogP contribution is 2.33. The maximum Gasteiger partial charge on any atom is 0.389 e. The normalized spacial score (nSPS) is 13.6. The standard InChI is InChI=1S/C13H15BrClF4N/c1-2-7-20-10(5-6-13(17,18)19)8-3-4-9(14)11(15)12(8)16/h3-4,10,20H,2,5-7H2,1H3. The van der Waals surface area contributed by atoms with Gasteiger partial charge in [0.05, 0.1) is 5.02 Å². The molecule has 0 amide bonds. The van der Waals surface area contributed by atoms with Crippen molar-refractivity contribution in [1.82, 2.24) is 5.32 Å². The quantitative estimate of drug-likeness (QED) is 0.501. The lowest BCUT2D eigenvalue weighted by molar-refractivity contribution is -0.136. The molecule has 0 aliphatic carbocycles. The Morgan fingerprint density at radius 2 is 2.00 bits per heavy atom. The molecule has 114 valence electrons. The number of hydrogen-bond donors (Lipinski definition) is 1. The number of halogens is 6. The van der Waals surface area contributed by atoms with Crippen molar-refractivity contribution in [1.29, 1.82) is 0 Å². The van der Waals surface area contributed by atoms with E-state index >= 15 is 0 Å². The van der Waals surface area contributed by atoms with Crippen LogP contribution >= 0.6 is 27.5 Å². The Bertz CT molecular complexity index is 451. The Morgan fingerprint density at radius 3 is 2.55 bits per heavy atom. The van der Waals surface area contributed by atoms with E-state index in [0.29, 0.717) is 11.0 Å². The van der Waals surface area contributed by atoms with Crippen LogP contribution in [-0.4, -0.2) is 12.7 Å². The van der Waals surface area contributed by atoms with Gasteiger partial charge in [-0.2, -0.15) is 13.2 Å². The fourth-order valence-electron chi connectivity index (χ4n) is 1.80. The van der Waals surface area contributed by atoms with Gasteiger partial charge in [0.25, 0.3) is 0 Å². The molecule has 20 heavy (non-hydrogen) atoms. The summed E-state index contributed by atoms with van der Waals surface area (Å²) in [6.45, 7) is 2.40. The summed E-state index contributed by atoms with van der Waals surface area (Å²) < 4.78 is 51.5. The Balaban J connectivity index is 2.95. The number of benzene rings is 1. The van der Waals surface area contributed by atoms with Crippen LogP contribution < -0.4 is 5.32 Å². The summed E-state index contributed by atoms with van der Waals surface area (Å²) in [4.78, 5) is 0. The van der Waals surface area contributed by atoms with Crippen LogP contribution in [0.3, 0.4) is 0 Å². The first-order valence-electron chi connectivity index (χ1n) is 6.19. The van der Waals surface area contributed by atoms with Crippen LogP contribution in [0.4, 0.5) is 17.6 Å². The van der Waals surface area contributed by atoms with Crippen LogP contribution in [0.1, 0.15) is 37.8 Å². The molecular formula is C13H15BrClF4N. The molecule has 0 radical (unpaired) electrons.